The minimum atomic E-state index is 0.363. The fourth-order valence-electron chi connectivity index (χ4n) is 6.53. The molecule has 0 atom stereocenters. The highest BCUT2D eigenvalue weighted by Gasteiger charge is 2.36. The fourth-order valence-corrected chi connectivity index (χ4v) is 6.53. The first-order valence-corrected chi connectivity index (χ1v) is 18.8. The van der Waals surface area contributed by atoms with Crippen LogP contribution < -0.4 is 0 Å². The van der Waals surface area contributed by atoms with E-state index in [1.807, 2.05) is 0 Å². The lowest BCUT2D eigenvalue weighted by Crippen LogP contribution is -2.17. The summed E-state index contributed by atoms with van der Waals surface area (Å²) < 4.78 is 0. The Kier molecular flexibility index (Phi) is 27.3. The maximum atomic E-state index is 12.2. The SMILES string of the molecule is CCCCCC=CCC=CCCCCCCCCC1(CCCCCCCCC=CCC=CCCCCC)CCC(=O)C1. The van der Waals surface area contributed by atoms with E-state index in [1.165, 1.54) is 161 Å². The molecular weight excluding hydrogens is 508 g/mol. The lowest BCUT2D eigenvalue weighted by Gasteiger charge is -2.28. The molecule has 1 nitrogen and oxygen atoms in total. The number of allylic oxidation sites excluding steroid dienone is 8. The van der Waals surface area contributed by atoms with Gasteiger partial charge in [0.1, 0.15) is 5.78 Å². The number of Topliss-reactive ketones (excluding diaryl/α,β-unsaturated/α-hetero) is 1. The van der Waals surface area contributed by atoms with E-state index < -0.39 is 0 Å². The standard InChI is InChI=1S/C41H72O/c1-3-5-7-9-11-13-15-17-19-21-23-25-27-29-31-33-36-41(38-35-40(42)39-41)37-34-32-30-28-26-24-22-20-18-16-14-12-10-8-6-4-2/h11-14,17-20H,3-10,15-16,21-39H2,1-2H3. The van der Waals surface area contributed by atoms with Crippen LogP contribution >= 0.6 is 0 Å². The van der Waals surface area contributed by atoms with Crippen molar-refractivity contribution in [1.82, 2.24) is 0 Å². The topological polar surface area (TPSA) is 17.1 Å². The van der Waals surface area contributed by atoms with Crippen molar-refractivity contribution < 1.29 is 4.79 Å². The zero-order chi connectivity index (χ0) is 30.2. The molecule has 1 rings (SSSR count). The zero-order valence-corrected chi connectivity index (χ0v) is 28.5. The van der Waals surface area contributed by atoms with Gasteiger partial charge in [-0.3, -0.25) is 4.79 Å². The van der Waals surface area contributed by atoms with Gasteiger partial charge < -0.3 is 0 Å². The van der Waals surface area contributed by atoms with Crippen LogP contribution in [0.4, 0.5) is 0 Å². The molecular formula is C41H72O. The smallest absolute Gasteiger partial charge is 0.133 e. The van der Waals surface area contributed by atoms with Crippen molar-refractivity contribution in [3.8, 4) is 0 Å². The highest BCUT2D eigenvalue weighted by Crippen LogP contribution is 2.45. The van der Waals surface area contributed by atoms with Crippen LogP contribution in [0.2, 0.25) is 0 Å². The van der Waals surface area contributed by atoms with E-state index in [2.05, 4.69) is 62.5 Å². The Bertz CT molecular complexity index is 660. The van der Waals surface area contributed by atoms with Crippen molar-refractivity contribution in [2.75, 3.05) is 0 Å². The van der Waals surface area contributed by atoms with Gasteiger partial charge in [-0.2, -0.15) is 0 Å². The molecule has 0 aliphatic heterocycles. The third kappa shape index (κ3) is 24.1. The monoisotopic (exact) mass is 581 g/mol. The van der Waals surface area contributed by atoms with E-state index in [0.29, 0.717) is 11.2 Å². The Morgan fingerprint density at radius 1 is 0.476 bits per heavy atom. The maximum absolute atomic E-state index is 12.2. The number of unbranched alkanes of at least 4 members (excludes halogenated alkanes) is 18. The quantitative estimate of drug-likeness (QED) is 0.0610. The molecule has 42 heavy (non-hydrogen) atoms. The van der Waals surface area contributed by atoms with Crippen LogP contribution in [0.5, 0.6) is 0 Å². The number of hydrogen-bond donors (Lipinski definition) is 0. The third-order valence-corrected chi connectivity index (χ3v) is 9.32. The van der Waals surface area contributed by atoms with Crippen LogP contribution in [-0.4, -0.2) is 5.78 Å². The molecule has 0 unspecified atom stereocenters. The molecule has 0 bridgehead atoms. The molecule has 0 radical (unpaired) electrons. The van der Waals surface area contributed by atoms with E-state index in [0.717, 1.165) is 25.7 Å². The number of hydrogen-bond acceptors (Lipinski definition) is 1. The van der Waals surface area contributed by atoms with Crippen LogP contribution in [0.3, 0.4) is 0 Å². The summed E-state index contributed by atoms with van der Waals surface area (Å²) in [6, 6.07) is 0. The van der Waals surface area contributed by atoms with E-state index in [-0.39, 0.29) is 0 Å². The van der Waals surface area contributed by atoms with Crippen molar-refractivity contribution in [3.63, 3.8) is 0 Å². The number of carbonyl (C=O) groups excluding carboxylic acids is 1. The molecule has 1 aliphatic carbocycles. The Hall–Kier alpha value is -1.37. The summed E-state index contributed by atoms with van der Waals surface area (Å²) in [5, 5.41) is 0. The van der Waals surface area contributed by atoms with Gasteiger partial charge in [0.15, 0.2) is 0 Å². The van der Waals surface area contributed by atoms with Gasteiger partial charge in [-0.25, -0.2) is 0 Å². The minimum absolute atomic E-state index is 0.363. The van der Waals surface area contributed by atoms with Crippen LogP contribution in [0.25, 0.3) is 0 Å². The van der Waals surface area contributed by atoms with Gasteiger partial charge in [-0.1, -0.05) is 152 Å². The molecule has 1 fully saturated rings. The molecule has 0 heterocycles. The highest BCUT2D eigenvalue weighted by atomic mass is 16.1. The summed E-state index contributed by atoms with van der Waals surface area (Å²) in [6.45, 7) is 4.53. The maximum Gasteiger partial charge on any atom is 0.133 e. The molecule has 0 aromatic carbocycles. The second-order valence-corrected chi connectivity index (χ2v) is 13.4. The van der Waals surface area contributed by atoms with E-state index in [9.17, 15) is 4.79 Å². The minimum Gasteiger partial charge on any atom is -0.300 e. The Morgan fingerprint density at radius 2 is 0.833 bits per heavy atom. The summed E-state index contributed by atoms with van der Waals surface area (Å²) in [4.78, 5) is 12.2. The van der Waals surface area contributed by atoms with Crippen LogP contribution in [0.1, 0.15) is 200 Å². The summed E-state index contributed by atoms with van der Waals surface area (Å²) in [5.41, 5.74) is 0.363. The van der Waals surface area contributed by atoms with Crippen molar-refractivity contribution in [1.29, 1.82) is 0 Å². The van der Waals surface area contributed by atoms with Crippen molar-refractivity contribution in [2.24, 2.45) is 5.41 Å². The largest absolute Gasteiger partial charge is 0.300 e. The summed E-state index contributed by atoms with van der Waals surface area (Å²) in [6.07, 6.45) is 55.8. The van der Waals surface area contributed by atoms with E-state index in [1.54, 1.807) is 0 Å². The van der Waals surface area contributed by atoms with Gasteiger partial charge in [0.2, 0.25) is 0 Å². The third-order valence-electron chi connectivity index (χ3n) is 9.32. The van der Waals surface area contributed by atoms with Gasteiger partial charge in [0.05, 0.1) is 0 Å². The summed E-state index contributed by atoms with van der Waals surface area (Å²) in [5.74, 6) is 0.537. The second-order valence-electron chi connectivity index (χ2n) is 13.4. The van der Waals surface area contributed by atoms with Crippen molar-refractivity contribution >= 4 is 5.78 Å². The van der Waals surface area contributed by atoms with Crippen LogP contribution in [0, 0.1) is 5.41 Å². The fraction of sp³-hybridized carbons (Fsp3) is 0.780. The van der Waals surface area contributed by atoms with Crippen LogP contribution in [-0.2, 0) is 4.79 Å². The van der Waals surface area contributed by atoms with Crippen molar-refractivity contribution in [3.05, 3.63) is 48.6 Å². The summed E-state index contributed by atoms with van der Waals surface area (Å²) >= 11 is 0. The van der Waals surface area contributed by atoms with Gasteiger partial charge in [-0.05, 0) is 88.9 Å². The van der Waals surface area contributed by atoms with Gasteiger partial charge in [-0.15, -0.1) is 0 Å². The summed E-state index contributed by atoms with van der Waals surface area (Å²) in [7, 11) is 0. The predicted molar refractivity (Wildman–Crippen MR) is 189 cm³/mol. The average molecular weight is 581 g/mol. The lowest BCUT2D eigenvalue weighted by molar-refractivity contribution is -0.118. The Labute approximate surface area is 264 Å². The van der Waals surface area contributed by atoms with Gasteiger partial charge >= 0.3 is 0 Å². The van der Waals surface area contributed by atoms with Gasteiger partial charge in [0.25, 0.3) is 0 Å². The van der Waals surface area contributed by atoms with Crippen LogP contribution in [0.15, 0.2) is 48.6 Å². The molecule has 0 aromatic heterocycles. The molecule has 0 spiro atoms. The molecule has 0 aromatic rings. The highest BCUT2D eigenvalue weighted by molar-refractivity contribution is 5.81. The Balaban J connectivity index is 1.99. The number of ketones is 1. The molecule has 0 N–H and O–H groups in total. The average Bonchev–Trinajstić information content (AvgIpc) is 3.37. The van der Waals surface area contributed by atoms with E-state index in [4.69, 9.17) is 0 Å². The first-order chi connectivity index (χ1) is 20.7. The molecule has 1 saturated carbocycles. The van der Waals surface area contributed by atoms with Gasteiger partial charge in [0, 0.05) is 12.8 Å². The predicted octanol–water partition coefficient (Wildman–Crippen LogP) is 14.1. The number of carbonyl (C=O) groups is 1. The lowest BCUT2D eigenvalue weighted by atomic mass is 9.76. The molecule has 1 aliphatic rings. The second kappa shape index (κ2) is 29.7. The Morgan fingerprint density at radius 3 is 1.19 bits per heavy atom. The van der Waals surface area contributed by atoms with E-state index >= 15 is 0 Å². The molecule has 0 amide bonds. The molecule has 0 saturated heterocycles. The van der Waals surface area contributed by atoms with Crippen molar-refractivity contribution in [2.45, 2.75) is 200 Å². The molecule has 242 valence electrons. The zero-order valence-electron chi connectivity index (χ0n) is 28.5. The number of rotatable bonds is 30. The first-order valence-electron chi connectivity index (χ1n) is 18.8. The normalized spacial score (nSPS) is 17.8. The first kappa shape index (κ1) is 38.7. The molecule has 1 heteroatoms.